The molecule has 2 heterocycles. The van der Waals surface area contributed by atoms with Gasteiger partial charge in [0.1, 0.15) is 5.75 Å². The largest absolute Gasteiger partial charge is 0.497 e. The van der Waals surface area contributed by atoms with Crippen LogP contribution in [0.2, 0.25) is 0 Å². The number of hydrogen-bond donors (Lipinski definition) is 2. The van der Waals surface area contributed by atoms with Gasteiger partial charge in [-0.1, -0.05) is 36.4 Å². The summed E-state index contributed by atoms with van der Waals surface area (Å²) in [7, 11) is -2.02. The van der Waals surface area contributed by atoms with Gasteiger partial charge >= 0.3 is 0 Å². The van der Waals surface area contributed by atoms with Gasteiger partial charge in [-0.15, -0.1) is 0 Å². The van der Waals surface area contributed by atoms with Crippen LogP contribution < -0.4 is 14.8 Å². The van der Waals surface area contributed by atoms with Crippen LogP contribution in [0, 0.1) is 0 Å². The van der Waals surface area contributed by atoms with Gasteiger partial charge in [0.05, 0.1) is 30.7 Å². The Hall–Kier alpha value is -3.57. The number of para-hydroxylation sites is 1. The first kappa shape index (κ1) is 25.1. The van der Waals surface area contributed by atoms with Crippen LogP contribution in [0.4, 0.5) is 11.6 Å². The molecular weight excluding hydrogens is 490 g/mol. The Bertz CT molecular complexity index is 1470. The minimum atomic E-state index is -3.66. The standard InChI is InChI=1S/C27H29N5O4S/c1-35-23-10-8-20(9-11-23)25-7-2-4-21-19-28-27(31-26(21)25)30-22-5-3-6-24(18-22)37(33,34)29-12-13-32-14-16-36-17-15-32/h2-11,18-19,29H,12-17H2,1H3,(H,28,30,31). The monoisotopic (exact) mass is 519 g/mol. The number of rotatable bonds is 9. The van der Waals surface area contributed by atoms with E-state index < -0.39 is 10.0 Å². The highest BCUT2D eigenvalue weighted by Gasteiger charge is 2.16. The van der Waals surface area contributed by atoms with Gasteiger partial charge in [-0.25, -0.2) is 23.1 Å². The normalized spacial score (nSPS) is 14.5. The zero-order valence-corrected chi connectivity index (χ0v) is 21.4. The molecule has 0 amide bonds. The number of nitrogens with one attached hydrogen (secondary N) is 2. The van der Waals surface area contributed by atoms with Crippen molar-refractivity contribution in [1.29, 1.82) is 0 Å². The Labute approximate surface area is 216 Å². The molecule has 9 nitrogen and oxygen atoms in total. The van der Waals surface area contributed by atoms with Crippen molar-refractivity contribution >= 4 is 32.6 Å². The molecule has 1 fully saturated rings. The first-order valence-electron chi connectivity index (χ1n) is 12.1. The zero-order valence-electron chi connectivity index (χ0n) is 20.6. The van der Waals surface area contributed by atoms with Gasteiger partial charge in [-0.2, -0.15) is 0 Å². The molecule has 1 aliphatic rings. The van der Waals surface area contributed by atoms with Crippen molar-refractivity contribution in [2.24, 2.45) is 0 Å². The number of methoxy groups -OCH3 is 1. The minimum absolute atomic E-state index is 0.180. The summed E-state index contributed by atoms with van der Waals surface area (Å²) in [4.78, 5) is 11.5. The highest BCUT2D eigenvalue weighted by Crippen LogP contribution is 2.29. The highest BCUT2D eigenvalue weighted by molar-refractivity contribution is 7.89. The number of anilines is 2. The van der Waals surface area contributed by atoms with Gasteiger partial charge in [0.2, 0.25) is 16.0 Å². The van der Waals surface area contributed by atoms with Gasteiger partial charge in [0.15, 0.2) is 0 Å². The molecule has 0 aliphatic carbocycles. The molecule has 5 rings (SSSR count). The van der Waals surface area contributed by atoms with Crippen molar-refractivity contribution in [3.8, 4) is 16.9 Å². The summed E-state index contributed by atoms with van der Waals surface area (Å²) in [6, 6.07) is 20.4. The molecular formula is C27H29N5O4S. The number of ether oxygens (including phenoxy) is 2. The van der Waals surface area contributed by atoms with Gasteiger partial charge in [0, 0.05) is 49.0 Å². The SMILES string of the molecule is COc1ccc(-c2cccc3cnc(Nc4cccc(S(=O)(=O)NCCN5CCOCC5)c4)nc23)cc1. The Balaban J connectivity index is 1.33. The van der Waals surface area contributed by atoms with Gasteiger partial charge in [-0.3, -0.25) is 4.90 Å². The summed E-state index contributed by atoms with van der Waals surface area (Å²) in [6.45, 7) is 3.96. The van der Waals surface area contributed by atoms with Crippen molar-refractivity contribution in [3.05, 3.63) is 72.9 Å². The van der Waals surface area contributed by atoms with Crippen molar-refractivity contribution in [2.45, 2.75) is 4.90 Å². The number of nitrogens with zero attached hydrogens (tertiary/aromatic N) is 3. The Morgan fingerprint density at radius 2 is 1.81 bits per heavy atom. The predicted molar refractivity (Wildman–Crippen MR) is 144 cm³/mol. The van der Waals surface area contributed by atoms with E-state index in [1.54, 1.807) is 37.6 Å². The molecule has 0 radical (unpaired) electrons. The molecule has 2 N–H and O–H groups in total. The molecule has 4 aromatic rings. The first-order chi connectivity index (χ1) is 18.0. The van der Waals surface area contributed by atoms with Gasteiger partial charge in [-0.05, 0) is 35.9 Å². The second-order valence-electron chi connectivity index (χ2n) is 8.67. The van der Waals surface area contributed by atoms with Crippen LogP contribution in [0.5, 0.6) is 5.75 Å². The summed E-state index contributed by atoms with van der Waals surface area (Å²) >= 11 is 0. The van der Waals surface area contributed by atoms with Gasteiger partial charge in [0.25, 0.3) is 0 Å². The van der Waals surface area contributed by atoms with E-state index in [1.165, 1.54) is 0 Å². The summed E-state index contributed by atoms with van der Waals surface area (Å²) in [5.41, 5.74) is 3.34. The number of aromatic nitrogens is 2. The average molecular weight is 520 g/mol. The van der Waals surface area contributed by atoms with Crippen LogP contribution in [0.15, 0.2) is 77.8 Å². The van der Waals surface area contributed by atoms with Crippen LogP contribution in [-0.4, -0.2) is 69.8 Å². The maximum absolute atomic E-state index is 12.9. The third-order valence-electron chi connectivity index (χ3n) is 6.24. The maximum atomic E-state index is 12.9. The number of benzene rings is 3. The van der Waals surface area contributed by atoms with E-state index in [9.17, 15) is 8.42 Å². The third kappa shape index (κ3) is 6.05. The lowest BCUT2D eigenvalue weighted by Crippen LogP contribution is -2.41. The minimum Gasteiger partial charge on any atom is -0.497 e. The van der Waals surface area contributed by atoms with Crippen LogP contribution >= 0.6 is 0 Å². The molecule has 10 heteroatoms. The van der Waals surface area contributed by atoms with E-state index in [1.807, 2.05) is 42.5 Å². The fourth-order valence-corrected chi connectivity index (χ4v) is 5.30. The maximum Gasteiger partial charge on any atom is 0.240 e. The molecule has 1 aliphatic heterocycles. The van der Waals surface area contributed by atoms with E-state index in [0.29, 0.717) is 37.9 Å². The molecule has 0 unspecified atom stereocenters. The average Bonchev–Trinajstić information content (AvgIpc) is 2.93. The van der Waals surface area contributed by atoms with Crippen molar-refractivity contribution in [1.82, 2.24) is 19.6 Å². The van der Waals surface area contributed by atoms with Crippen LogP contribution in [0.1, 0.15) is 0 Å². The lowest BCUT2D eigenvalue weighted by atomic mass is 10.0. The van der Waals surface area contributed by atoms with E-state index in [0.717, 1.165) is 40.9 Å². The summed E-state index contributed by atoms with van der Waals surface area (Å²) in [5, 5.41) is 4.06. The van der Waals surface area contributed by atoms with E-state index in [2.05, 4.69) is 19.9 Å². The molecule has 0 bridgehead atoms. The molecule has 3 aromatic carbocycles. The van der Waals surface area contributed by atoms with Crippen molar-refractivity contribution in [3.63, 3.8) is 0 Å². The highest BCUT2D eigenvalue weighted by atomic mass is 32.2. The fraction of sp³-hybridized carbons (Fsp3) is 0.259. The summed E-state index contributed by atoms with van der Waals surface area (Å²) in [6.07, 6.45) is 1.76. The second kappa shape index (κ2) is 11.2. The summed E-state index contributed by atoms with van der Waals surface area (Å²) < 4.78 is 39.1. The topological polar surface area (TPSA) is 106 Å². The molecule has 1 aromatic heterocycles. The van der Waals surface area contributed by atoms with Crippen molar-refractivity contribution < 1.29 is 17.9 Å². The van der Waals surface area contributed by atoms with Gasteiger partial charge < -0.3 is 14.8 Å². The molecule has 0 spiro atoms. The number of fused-ring (bicyclic) bond motifs is 1. The lowest BCUT2D eigenvalue weighted by molar-refractivity contribution is 0.0390. The van der Waals surface area contributed by atoms with Crippen LogP contribution in [0.25, 0.3) is 22.0 Å². The molecule has 0 saturated carbocycles. The van der Waals surface area contributed by atoms with E-state index in [-0.39, 0.29) is 4.90 Å². The quantitative estimate of drug-likeness (QED) is 0.345. The van der Waals surface area contributed by atoms with Crippen molar-refractivity contribution in [2.75, 3.05) is 51.8 Å². The summed E-state index contributed by atoms with van der Waals surface area (Å²) in [5.74, 6) is 1.16. The Kier molecular flexibility index (Phi) is 7.61. The first-order valence-corrected chi connectivity index (χ1v) is 13.6. The van der Waals surface area contributed by atoms with E-state index >= 15 is 0 Å². The molecule has 1 saturated heterocycles. The molecule has 192 valence electrons. The Morgan fingerprint density at radius 1 is 1.03 bits per heavy atom. The Morgan fingerprint density at radius 3 is 2.59 bits per heavy atom. The van der Waals surface area contributed by atoms with E-state index in [4.69, 9.17) is 14.5 Å². The predicted octanol–water partition coefficient (Wildman–Crippen LogP) is 3.66. The smallest absolute Gasteiger partial charge is 0.240 e. The third-order valence-corrected chi connectivity index (χ3v) is 7.69. The zero-order chi connectivity index (χ0) is 25.7. The van der Waals surface area contributed by atoms with Crippen LogP contribution in [0.3, 0.4) is 0 Å². The number of morpholine rings is 1. The molecule has 37 heavy (non-hydrogen) atoms. The number of sulfonamides is 1. The fourth-order valence-electron chi connectivity index (χ4n) is 4.24. The number of hydrogen-bond acceptors (Lipinski definition) is 8. The molecule has 0 atom stereocenters. The lowest BCUT2D eigenvalue weighted by Gasteiger charge is -2.26. The van der Waals surface area contributed by atoms with Crippen LogP contribution in [-0.2, 0) is 14.8 Å². The second-order valence-corrected chi connectivity index (χ2v) is 10.4.